The number of ether oxygens (including phenoxy) is 1. The van der Waals surface area contributed by atoms with Crippen LogP contribution in [-0.4, -0.2) is 25.2 Å². The molecule has 0 saturated heterocycles. The summed E-state index contributed by atoms with van der Waals surface area (Å²) in [5.74, 6) is 0.353. The van der Waals surface area contributed by atoms with Crippen molar-refractivity contribution in [1.82, 2.24) is 5.32 Å². The standard InChI is InChI=1S/C17H26N2O2/c1-2-19-16(13-6-4-3-5-7-13)12-21-17(20)14-8-10-15(18)11-9-14/h8-11,13,16,19H,2-7,12,18H2,1H3/t16-/m0/s1. The number of anilines is 1. The Balaban J connectivity index is 1.88. The molecule has 0 amide bonds. The van der Waals surface area contributed by atoms with Crippen molar-refractivity contribution in [1.29, 1.82) is 0 Å². The van der Waals surface area contributed by atoms with Crippen LogP contribution in [0.1, 0.15) is 49.4 Å². The van der Waals surface area contributed by atoms with E-state index in [0.29, 0.717) is 23.8 Å². The van der Waals surface area contributed by atoms with Crippen LogP contribution in [0.2, 0.25) is 0 Å². The van der Waals surface area contributed by atoms with Crippen LogP contribution >= 0.6 is 0 Å². The van der Waals surface area contributed by atoms with Crippen LogP contribution in [0.3, 0.4) is 0 Å². The summed E-state index contributed by atoms with van der Waals surface area (Å²) in [6.07, 6.45) is 6.38. The number of esters is 1. The first-order chi connectivity index (χ1) is 10.2. The van der Waals surface area contributed by atoms with Crippen molar-refractivity contribution >= 4 is 11.7 Å². The van der Waals surface area contributed by atoms with Crippen LogP contribution in [0.4, 0.5) is 5.69 Å². The van der Waals surface area contributed by atoms with Crippen LogP contribution < -0.4 is 11.1 Å². The van der Waals surface area contributed by atoms with E-state index in [1.807, 2.05) is 0 Å². The summed E-state index contributed by atoms with van der Waals surface area (Å²) >= 11 is 0. The minimum absolute atomic E-state index is 0.270. The summed E-state index contributed by atoms with van der Waals surface area (Å²) < 4.78 is 5.49. The third-order valence-electron chi connectivity index (χ3n) is 4.23. The average Bonchev–Trinajstić information content (AvgIpc) is 2.52. The van der Waals surface area contributed by atoms with Gasteiger partial charge in [0, 0.05) is 11.7 Å². The maximum atomic E-state index is 12.1. The molecule has 1 aliphatic rings. The average molecular weight is 290 g/mol. The van der Waals surface area contributed by atoms with Gasteiger partial charge in [0.05, 0.1) is 5.56 Å². The molecule has 4 nitrogen and oxygen atoms in total. The van der Waals surface area contributed by atoms with Crippen LogP contribution in [0, 0.1) is 5.92 Å². The summed E-state index contributed by atoms with van der Waals surface area (Å²) in [5, 5.41) is 3.47. The lowest BCUT2D eigenvalue weighted by molar-refractivity contribution is 0.0416. The molecule has 0 aliphatic heterocycles. The normalized spacial score (nSPS) is 17.4. The third-order valence-corrected chi connectivity index (χ3v) is 4.23. The maximum Gasteiger partial charge on any atom is 0.338 e. The minimum atomic E-state index is -0.270. The fourth-order valence-electron chi connectivity index (χ4n) is 3.03. The lowest BCUT2D eigenvalue weighted by atomic mass is 9.84. The molecule has 0 radical (unpaired) electrons. The second-order valence-electron chi connectivity index (χ2n) is 5.78. The van der Waals surface area contributed by atoms with Gasteiger partial charge in [0.15, 0.2) is 0 Å². The number of carbonyl (C=O) groups excluding carboxylic acids is 1. The number of benzene rings is 1. The Hall–Kier alpha value is -1.55. The van der Waals surface area contributed by atoms with E-state index < -0.39 is 0 Å². The minimum Gasteiger partial charge on any atom is -0.460 e. The number of rotatable bonds is 6. The van der Waals surface area contributed by atoms with Crippen molar-refractivity contribution in [3.8, 4) is 0 Å². The molecule has 0 bridgehead atoms. The molecule has 0 spiro atoms. The summed E-state index contributed by atoms with van der Waals surface area (Å²) in [6, 6.07) is 7.13. The van der Waals surface area contributed by atoms with Gasteiger partial charge in [-0.2, -0.15) is 0 Å². The van der Waals surface area contributed by atoms with Crippen molar-refractivity contribution in [2.75, 3.05) is 18.9 Å². The highest BCUT2D eigenvalue weighted by Crippen LogP contribution is 2.26. The first kappa shape index (κ1) is 15.8. The van der Waals surface area contributed by atoms with Gasteiger partial charge in [-0.15, -0.1) is 0 Å². The van der Waals surface area contributed by atoms with Crippen LogP contribution in [-0.2, 0) is 4.74 Å². The smallest absolute Gasteiger partial charge is 0.338 e. The predicted octanol–water partition coefficient (Wildman–Crippen LogP) is 2.98. The SMILES string of the molecule is CCN[C@@H](COC(=O)c1ccc(N)cc1)C1CCCCC1. The molecule has 21 heavy (non-hydrogen) atoms. The Morgan fingerprint density at radius 2 is 1.95 bits per heavy atom. The number of nitrogen functional groups attached to an aromatic ring is 1. The molecule has 1 aromatic rings. The van der Waals surface area contributed by atoms with Crippen LogP contribution in [0.25, 0.3) is 0 Å². The van der Waals surface area contributed by atoms with Gasteiger partial charge in [0.2, 0.25) is 0 Å². The zero-order valence-corrected chi connectivity index (χ0v) is 12.8. The topological polar surface area (TPSA) is 64.3 Å². The summed E-state index contributed by atoms with van der Waals surface area (Å²) in [4.78, 5) is 12.1. The molecule has 4 heteroatoms. The van der Waals surface area contributed by atoms with Crippen LogP contribution in [0.5, 0.6) is 0 Å². The zero-order valence-electron chi connectivity index (χ0n) is 12.8. The quantitative estimate of drug-likeness (QED) is 0.624. The van der Waals surface area contributed by atoms with Gasteiger partial charge in [-0.25, -0.2) is 4.79 Å². The van der Waals surface area contributed by atoms with E-state index in [1.54, 1.807) is 24.3 Å². The molecule has 0 heterocycles. The van der Waals surface area contributed by atoms with Gasteiger partial charge in [-0.05, 0) is 49.6 Å². The number of hydrogen-bond donors (Lipinski definition) is 2. The Morgan fingerprint density at radius 1 is 1.29 bits per heavy atom. The van der Waals surface area contributed by atoms with E-state index in [1.165, 1.54) is 32.1 Å². The van der Waals surface area contributed by atoms with E-state index in [9.17, 15) is 4.79 Å². The van der Waals surface area contributed by atoms with Crippen molar-refractivity contribution in [2.24, 2.45) is 5.92 Å². The predicted molar refractivity (Wildman–Crippen MR) is 85.2 cm³/mol. The van der Waals surface area contributed by atoms with Gasteiger partial charge in [0.1, 0.15) is 6.61 Å². The lowest BCUT2D eigenvalue weighted by Crippen LogP contribution is -2.41. The number of hydrogen-bond acceptors (Lipinski definition) is 4. The van der Waals surface area contributed by atoms with Gasteiger partial charge in [0.25, 0.3) is 0 Å². The van der Waals surface area contributed by atoms with Crippen LogP contribution in [0.15, 0.2) is 24.3 Å². The summed E-state index contributed by atoms with van der Waals surface area (Å²) in [7, 11) is 0. The van der Waals surface area contributed by atoms with Crippen molar-refractivity contribution in [2.45, 2.75) is 45.1 Å². The Bertz CT molecular complexity index is 439. The van der Waals surface area contributed by atoms with Crippen molar-refractivity contribution < 1.29 is 9.53 Å². The molecule has 116 valence electrons. The molecule has 1 fully saturated rings. The van der Waals surface area contributed by atoms with Crippen molar-refractivity contribution in [3.63, 3.8) is 0 Å². The number of nitrogens with two attached hydrogens (primary N) is 1. The highest BCUT2D eigenvalue weighted by Gasteiger charge is 2.24. The molecular weight excluding hydrogens is 264 g/mol. The second kappa shape index (κ2) is 8.03. The van der Waals surface area contributed by atoms with E-state index in [2.05, 4.69) is 12.2 Å². The summed E-state index contributed by atoms with van der Waals surface area (Å²) in [6.45, 7) is 3.44. The Labute approximate surface area is 127 Å². The molecule has 1 aliphatic carbocycles. The van der Waals surface area contributed by atoms with Crippen molar-refractivity contribution in [3.05, 3.63) is 29.8 Å². The van der Waals surface area contributed by atoms with E-state index in [-0.39, 0.29) is 12.0 Å². The van der Waals surface area contributed by atoms with E-state index >= 15 is 0 Å². The highest BCUT2D eigenvalue weighted by atomic mass is 16.5. The fourth-order valence-corrected chi connectivity index (χ4v) is 3.03. The zero-order chi connectivity index (χ0) is 15.1. The number of likely N-dealkylation sites (N-methyl/N-ethyl adjacent to an activating group) is 1. The van der Waals surface area contributed by atoms with Gasteiger partial charge in [-0.3, -0.25) is 0 Å². The van der Waals surface area contributed by atoms with E-state index in [4.69, 9.17) is 10.5 Å². The summed E-state index contributed by atoms with van der Waals surface area (Å²) in [5.41, 5.74) is 6.83. The van der Waals surface area contributed by atoms with Gasteiger partial charge < -0.3 is 15.8 Å². The molecule has 1 aromatic carbocycles. The van der Waals surface area contributed by atoms with Gasteiger partial charge in [-0.1, -0.05) is 26.2 Å². The first-order valence-corrected chi connectivity index (χ1v) is 7.96. The Kier molecular flexibility index (Phi) is 6.05. The highest BCUT2D eigenvalue weighted by molar-refractivity contribution is 5.89. The molecule has 0 unspecified atom stereocenters. The van der Waals surface area contributed by atoms with E-state index in [0.717, 1.165) is 6.54 Å². The molecular formula is C17H26N2O2. The van der Waals surface area contributed by atoms with Gasteiger partial charge >= 0.3 is 5.97 Å². The second-order valence-corrected chi connectivity index (χ2v) is 5.78. The maximum absolute atomic E-state index is 12.1. The Morgan fingerprint density at radius 3 is 2.57 bits per heavy atom. The first-order valence-electron chi connectivity index (χ1n) is 7.96. The third kappa shape index (κ3) is 4.74. The molecule has 1 saturated carbocycles. The number of nitrogens with one attached hydrogen (secondary N) is 1. The lowest BCUT2D eigenvalue weighted by Gasteiger charge is -2.30. The molecule has 1 atom stereocenters. The molecule has 3 N–H and O–H groups in total. The number of carbonyl (C=O) groups is 1. The fraction of sp³-hybridized carbons (Fsp3) is 0.588. The molecule has 2 rings (SSSR count). The monoisotopic (exact) mass is 290 g/mol. The molecule has 0 aromatic heterocycles. The largest absolute Gasteiger partial charge is 0.460 e.